The van der Waals surface area contributed by atoms with Crippen LogP contribution in [0.2, 0.25) is 0 Å². The largest absolute Gasteiger partial charge is 0.444 e. The minimum absolute atomic E-state index is 0. The van der Waals surface area contributed by atoms with Crippen LogP contribution in [0.1, 0.15) is 117 Å². The monoisotopic (exact) mass is 876 g/mol. The Morgan fingerprint density at radius 2 is 1.10 bits per heavy atom. The molecule has 0 bridgehead atoms. The van der Waals surface area contributed by atoms with Gasteiger partial charge in [-0.1, -0.05) is 19.6 Å². The summed E-state index contributed by atoms with van der Waals surface area (Å²) < 4.78 is 62.4. The van der Waals surface area contributed by atoms with Crippen LogP contribution in [0.25, 0.3) is 20.9 Å². The zero-order chi connectivity index (χ0) is 42.3. The fourth-order valence-corrected chi connectivity index (χ4v) is 12.0. The highest BCUT2D eigenvalue weighted by molar-refractivity contribution is 7.90. The van der Waals surface area contributed by atoms with Crippen molar-refractivity contribution < 1.29 is 26.4 Å². The molecule has 2 aliphatic rings. The van der Waals surface area contributed by atoms with Gasteiger partial charge in [0.2, 0.25) is 20.0 Å². The minimum atomic E-state index is -3.77. The second kappa shape index (κ2) is 17.5. The average molecular weight is 877 g/mol. The molecule has 0 saturated heterocycles. The molecule has 14 nitrogen and oxygen atoms in total. The normalized spacial score (nSPS) is 19.8. The zero-order valence-corrected chi connectivity index (χ0v) is 37.2. The van der Waals surface area contributed by atoms with Gasteiger partial charge < -0.3 is 27.3 Å². The van der Waals surface area contributed by atoms with Crippen molar-refractivity contribution in [2.24, 2.45) is 5.73 Å². The summed E-state index contributed by atoms with van der Waals surface area (Å²) in [6, 6.07) is 10.1. The molecule has 2 heterocycles. The van der Waals surface area contributed by atoms with E-state index in [0.717, 1.165) is 45.5 Å². The van der Waals surface area contributed by atoms with Crippen molar-refractivity contribution in [3.05, 3.63) is 58.8 Å². The van der Waals surface area contributed by atoms with Crippen LogP contribution in [0.5, 0.6) is 0 Å². The Hall–Kier alpha value is -3.65. The smallest absolute Gasteiger partial charge is 0.407 e. The van der Waals surface area contributed by atoms with Crippen LogP contribution >= 0.6 is 22.7 Å². The van der Waals surface area contributed by atoms with Gasteiger partial charge in [0, 0.05) is 69.9 Å². The predicted molar refractivity (Wildman–Crippen MR) is 236 cm³/mol. The molecule has 0 atom stereocenters. The average Bonchev–Trinajstić information content (AvgIpc) is 3.69. The van der Waals surface area contributed by atoms with Gasteiger partial charge in [-0.25, -0.2) is 41.0 Å². The molecular formula is C40H60N8O6S4. The Morgan fingerprint density at radius 3 is 1.47 bits per heavy atom. The van der Waals surface area contributed by atoms with Crippen molar-refractivity contribution in [1.82, 2.24) is 24.7 Å². The van der Waals surface area contributed by atoms with Crippen molar-refractivity contribution in [2.45, 2.75) is 146 Å². The lowest BCUT2D eigenvalue weighted by atomic mass is 9.81. The fourth-order valence-electron chi connectivity index (χ4n) is 6.32. The molecule has 6 rings (SSSR count). The highest BCUT2D eigenvalue weighted by Gasteiger charge is 2.35. The van der Waals surface area contributed by atoms with E-state index in [1.54, 1.807) is 78.2 Å². The lowest BCUT2D eigenvalue weighted by Gasteiger charge is -2.35. The number of nitrogens with two attached hydrogens (primary N) is 3. The summed E-state index contributed by atoms with van der Waals surface area (Å²) >= 11 is 2.99. The molecule has 0 aliphatic heterocycles. The minimum Gasteiger partial charge on any atom is -0.444 e. The number of carbonyl (C=O) groups excluding carboxylic acids is 1. The summed E-state index contributed by atoms with van der Waals surface area (Å²) in [7, 11) is -7.47. The van der Waals surface area contributed by atoms with Crippen molar-refractivity contribution >= 4 is 60.2 Å². The van der Waals surface area contributed by atoms with Crippen LogP contribution < -0.4 is 32.0 Å². The first kappa shape index (κ1) is 47.0. The van der Waals surface area contributed by atoms with Gasteiger partial charge in [0.1, 0.15) is 5.60 Å². The Morgan fingerprint density at radius 1 is 0.707 bits per heavy atom. The van der Waals surface area contributed by atoms with Crippen LogP contribution in [0.3, 0.4) is 0 Å². The first-order valence-corrected chi connectivity index (χ1v) is 23.3. The Labute approximate surface area is 352 Å². The molecule has 18 heteroatoms. The van der Waals surface area contributed by atoms with E-state index in [1.807, 2.05) is 20.8 Å². The number of nitrogens with zero attached hydrogens (tertiary/aromatic N) is 2. The number of thiazole rings is 2. The summed E-state index contributed by atoms with van der Waals surface area (Å²) in [4.78, 5) is 22.9. The highest BCUT2D eigenvalue weighted by Crippen LogP contribution is 2.43. The maximum absolute atomic E-state index is 13.0. The number of rotatable bonds is 9. The highest BCUT2D eigenvalue weighted by atomic mass is 32.2. The summed E-state index contributed by atoms with van der Waals surface area (Å²) in [6.45, 7) is 16.3. The molecule has 2 fully saturated rings. The second-order valence-electron chi connectivity index (χ2n) is 17.8. The number of amides is 1. The first-order valence-electron chi connectivity index (χ1n) is 18.7. The quantitative estimate of drug-likeness (QED) is 0.0899. The molecule has 2 aromatic carbocycles. The molecule has 9 N–H and O–H groups in total. The molecule has 320 valence electrons. The molecule has 2 saturated carbocycles. The van der Waals surface area contributed by atoms with E-state index in [1.165, 1.54) is 34.8 Å². The molecule has 58 heavy (non-hydrogen) atoms. The van der Waals surface area contributed by atoms with Gasteiger partial charge in [-0.3, -0.25) is 0 Å². The third-order valence-electron chi connectivity index (χ3n) is 8.78. The summed E-state index contributed by atoms with van der Waals surface area (Å²) in [5.41, 5.74) is 17.8. The predicted octanol–water partition coefficient (Wildman–Crippen LogP) is 7.55. The van der Waals surface area contributed by atoms with Crippen LogP contribution in [-0.2, 0) is 24.8 Å². The number of alkyl carbamates (subject to hydrolysis) is 1. The molecule has 0 radical (unpaired) electrons. The summed E-state index contributed by atoms with van der Waals surface area (Å²) in [6.07, 6.45) is 6.44. The number of nitrogens with one attached hydrogen (secondary N) is 3. The maximum atomic E-state index is 13.0. The lowest BCUT2D eigenvalue weighted by molar-refractivity contribution is 0.0471. The number of hydrogen-bond acceptors (Lipinski definition) is 13. The third-order valence-corrected chi connectivity index (χ3v) is 14.8. The molecular weight excluding hydrogens is 817 g/mol. The number of ether oxygens (including phenoxy) is 1. The van der Waals surface area contributed by atoms with E-state index >= 15 is 0 Å². The Kier molecular flexibility index (Phi) is 14.2. The van der Waals surface area contributed by atoms with Crippen molar-refractivity contribution in [2.75, 3.05) is 11.5 Å². The molecule has 4 aromatic rings. The third kappa shape index (κ3) is 12.4. The standard InChI is InChI=1S/C22H32N4O4S2.C17H24N4O2S2.CH4/c1-21(2,3)26-32(28,29)18-11-14(23)7-8-16(18)17-12-24-19(31-17)13-9-15(10-13)25-20(27)30-22(4,5)6;1-17(2,3)21-25(22,23)15-8-11(18)4-5-13(15)14-9-20-16(24-14)10-6-12(19)7-10;/h7-8,11-13,15,26H,9-10,23H2,1-6H3,(H,25,27);4-5,8-10,12,21H,6-7,18-19H2,1-3H3;1H4. The van der Waals surface area contributed by atoms with Crippen LogP contribution in [0.15, 0.2) is 58.6 Å². The number of carbonyl (C=O) groups is 1. The van der Waals surface area contributed by atoms with Gasteiger partial charge in [0.15, 0.2) is 0 Å². The van der Waals surface area contributed by atoms with Gasteiger partial charge in [0.25, 0.3) is 0 Å². The van der Waals surface area contributed by atoms with Crippen LogP contribution in [-0.4, -0.2) is 61.7 Å². The fraction of sp³-hybridized carbons (Fsp3) is 0.525. The molecule has 0 spiro atoms. The number of hydrogen-bond donors (Lipinski definition) is 6. The van der Waals surface area contributed by atoms with Gasteiger partial charge in [-0.2, -0.15) is 0 Å². The molecule has 2 aliphatic carbocycles. The molecule has 2 aromatic heterocycles. The number of nitrogen functional groups attached to an aromatic ring is 2. The van der Waals surface area contributed by atoms with Gasteiger partial charge in [0.05, 0.1) is 29.6 Å². The first-order chi connectivity index (χ1) is 26.2. The van der Waals surface area contributed by atoms with E-state index in [0.29, 0.717) is 28.4 Å². The molecule has 1 amide bonds. The molecule has 0 unspecified atom stereocenters. The number of sulfonamides is 2. The number of aromatic nitrogens is 2. The number of anilines is 2. The topological polar surface area (TPSA) is 235 Å². The second-order valence-corrected chi connectivity index (χ2v) is 23.2. The van der Waals surface area contributed by atoms with Crippen molar-refractivity contribution in [3.8, 4) is 20.9 Å². The van der Waals surface area contributed by atoms with Gasteiger partial charge in [-0.15, -0.1) is 22.7 Å². The van der Waals surface area contributed by atoms with Gasteiger partial charge >= 0.3 is 6.09 Å². The SMILES string of the molecule is C.CC(C)(C)NS(=O)(=O)c1cc(N)ccc1-c1cnc(C2CC(N)C2)s1.CC(C)(C)NS(=O)(=O)c1cc(N)ccc1-c1cnc(C2CC(NC(=O)OC(C)(C)C)C2)s1. The summed E-state index contributed by atoms with van der Waals surface area (Å²) in [5, 5.41) is 4.82. The number of benzene rings is 2. The van der Waals surface area contributed by atoms with E-state index in [4.69, 9.17) is 21.9 Å². The lowest BCUT2D eigenvalue weighted by Crippen LogP contribution is -2.45. The summed E-state index contributed by atoms with van der Waals surface area (Å²) in [5.74, 6) is 0.602. The van der Waals surface area contributed by atoms with E-state index in [9.17, 15) is 21.6 Å². The van der Waals surface area contributed by atoms with Crippen LogP contribution in [0.4, 0.5) is 16.2 Å². The Balaban J connectivity index is 0.000000259. The zero-order valence-electron chi connectivity index (χ0n) is 34.0. The maximum Gasteiger partial charge on any atom is 0.407 e. The Bertz CT molecular complexity index is 2290. The van der Waals surface area contributed by atoms with E-state index in [2.05, 4.69) is 24.7 Å². The van der Waals surface area contributed by atoms with Gasteiger partial charge in [-0.05, 0) is 112 Å². The van der Waals surface area contributed by atoms with Crippen molar-refractivity contribution in [3.63, 3.8) is 0 Å². The van der Waals surface area contributed by atoms with E-state index < -0.39 is 42.8 Å². The van der Waals surface area contributed by atoms with Crippen LogP contribution in [0, 0.1) is 0 Å². The van der Waals surface area contributed by atoms with E-state index in [-0.39, 0.29) is 35.2 Å². The van der Waals surface area contributed by atoms with Crippen molar-refractivity contribution in [1.29, 1.82) is 0 Å².